The van der Waals surface area contributed by atoms with Crippen LogP contribution in [0.3, 0.4) is 0 Å². The second kappa shape index (κ2) is 5.25. The number of rotatable bonds is 3. The Labute approximate surface area is 102 Å². The number of hydrogen-bond donors (Lipinski definition) is 1. The Balaban J connectivity index is 2.91. The highest BCUT2D eigenvalue weighted by Gasteiger charge is 2.32. The summed E-state index contributed by atoms with van der Waals surface area (Å²) in [6.45, 7) is 0. The van der Waals surface area contributed by atoms with E-state index in [0.717, 1.165) is 0 Å². The Morgan fingerprint density at radius 3 is 2.31 bits per heavy atom. The SMILES string of the molecule is CNC(CC(F)(F)F)c1ccc(Cl)c(Cl)c1. The van der Waals surface area contributed by atoms with E-state index in [4.69, 9.17) is 23.2 Å². The molecule has 0 bridgehead atoms. The highest BCUT2D eigenvalue weighted by molar-refractivity contribution is 6.42. The Bertz CT molecular complexity index is 366. The summed E-state index contributed by atoms with van der Waals surface area (Å²) in [6, 6.07) is 3.65. The van der Waals surface area contributed by atoms with Gasteiger partial charge in [-0.1, -0.05) is 29.3 Å². The lowest BCUT2D eigenvalue weighted by Gasteiger charge is -2.18. The molecule has 0 saturated heterocycles. The maximum absolute atomic E-state index is 12.3. The summed E-state index contributed by atoms with van der Waals surface area (Å²) in [5.41, 5.74) is 0.467. The van der Waals surface area contributed by atoms with E-state index < -0.39 is 18.6 Å². The van der Waals surface area contributed by atoms with E-state index in [9.17, 15) is 13.2 Å². The summed E-state index contributed by atoms with van der Waals surface area (Å²) >= 11 is 11.4. The number of nitrogens with one attached hydrogen (secondary N) is 1. The molecule has 0 fully saturated rings. The van der Waals surface area contributed by atoms with Crippen molar-refractivity contribution in [2.45, 2.75) is 18.6 Å². The second-order valence-electron chi connectivity index (χ2n) is 3.33. The summed E-state index contributed by atoms with van der Waals surface area (Å²) in [4.78, 5) is 0. The molecular formula is C10H10Cl2F3N. The van der Waals surface area contributed by atoms with Crippen molar-refractivity contribution in [1.82, 2.24) is 5.32 Å². The maximum Gasteiger partial charge on any atom is 0.390 e. The van der Waals surface area contributed by atoms with Crippen molar-refractivity contribution in [2.75, 3.05) is 7.05 Å². The molecule has 0 aromatic heterocycles. The third-order valence-electron chi connectivity index (χ3n) is 2.13. The van der Waals surface area contributed by atoms with Gasteiger partial charge in [0.05, 0.1) is 16.5 Å². The van der Waals surface area contributed by atoms with Crippen molar-refractivity contribution in [3.8, 4) is 0 Å². The van der Waals surface area contributed by atoms with E-state index in [-0.39, 0.29) is 5.02 Å². The lowest BCUT2D eigenvalue weighted by atomic mass is 10.0. The van der Waals surface area contributed by atoms with Crippen LogP contribution in [0.5, 0.6) is 0 Å². The van der Waals surface area contributed by atoms with E-state index >= 15 is 0 Å². The molecule has 0 spiro atoms. The molecule has 1 aromatic carbocycles. The minimum Gasteiger partial charge on any atom is -0.313 e. The summed E-state index contributed by atoms with van der Waals surface area (Å²) in [7, 11) is 1.47. The van der Waals surface area contributed by atoms with E-state index in [0.29, 0.717) is 10.6 Å². The quantitative estimate of drug-likeness (QED) is 0.869. The highest BCUT2D eigenvalue weighted by atomic mass is 35.5. The molecule has 0 amide bonds. The van der Waals surface area contributed by atoms with E-state index in [1.165, 1.54) is 25.2 Å². The van der Waals surface area contributed by atoms with Crippen LogP contribution in [-0.4, -0.2) is 13.2 Å². The van der Waals surface area contributed by atoms with Gasteiger partial charge < -0.3 is 5.32 Å². The zero-order chi connectivity index (χ0) is 12.3. The first-order valence-corrected chi connectivity index (χ1v) is 5.28. The second-order valence-corrected chi connectivity index (χ2v) is 4.15. The van der Waals surface area contributed by atoms with Gasteiger partial charge in [0.1, 0.15) is 0 Å². The predicted molar refractivity (Wildman–Crippen MR) is 58.9 cm³/mol. The summed E-state index contributed by atoms with van der Waals surface area (Å²) < 4.78 is 36.8. The van der Waals surface area contributed by atoms with Crippen molar-refractivity contribution in [3.63, 3.8) is 0 Å². The number of benzene rings is 1. The zero-order valence-electron chi connectivity index (χ0n) is 8.41. The van der Waals surface area contributed by atoms with Crippen LogP contribution >= 0.6 is 23.2 Å². The standard InChI is InChI=1S/C10H10Cl2F3N/c1-16-9(5-10(13,14)15)6-2-3-7(11)8(12)4-6/h2-4,9,16H,5H2,1H3. The minimum absolute atomic E-state index is 0.251. The van der Waals surface area contributed by atoms with Gasteiger partial charge in [0.25, 0.3) is 0 Å². The van der Waals surface area contributed by atoms with Gasteiger partial charge in [0.2, 0.25) is 0 Å². The largest absolute Gasteiger partial charge is 0.390 e. The van der Waals surface area contributed by atoms with Crippen molar-refractivity contribution < 1.29 is 13.2 Å². The summed E-state index contributed by atoms with van der Waals surface area (Å²) in [5, 5.41) is 3.18. The lowest BCUT2D eigenvalue weighted by molar-refractivity contribution is -0.140. The number of halogens is 5. The Morgan fingerprint density at radius 2 is 1.88 bits per heavy atom. The van der Waals surface area contributed by atoms with E-state index in [1.54, 1.807) is 0 Å². The van der Waals surface area contributed by atoms with E-state index in [2.05, 4.69) is 5.32 Å². The van der Waals surface area contributed by atoms with Crippen molar-refractivity contribution >= 4 is 23.2 Å². The normalized spacial score (nSPS) is 13.9. The van der Waals surface area contributed by atoms with Crippen molar-refractivity contribution in [3.05, 3.63) is 33.8 Å². The molecule has 0 saturated carbocycles. The third-order valence-corrected chi connectivity index (χ3v) is 2.87. The average molecular weight is 272 g/mol. The Kier molecular flexibility index (Phi) is 4.47. The van der Waals surface area contributed by atoms with Gasteiger partial charge in [-0.25, -0.2) is 0 Å². The first-order valence-electron chi connectivity index (χ1n) is 4.52. The van der Waals surface area contributed by atoms with Crippen molar-refractivity contribution in [1.29, 1.82) is 0 Å². The number of alkyl halides is 3. The van der Waals surface area contributed by atoms with Crippen LogP contribution in [0.15, 0.2) is 18.2 Å². The minimum atomic E-state index is -4.22. The van der Waals surface area contributed by atoms with Crippen LogP contribution in [-0.2, 0) is 0 Å². The topological polar surface area (TPSA) is 12.0 Å². The Morgan fingerprint density at radius 1 is 1.25 bits per heavy atom. The van der Waals surface area contributed by atoms with Crippen LogP contribution in [0.4, 0.5) is 13.2 Å². The van der Waals surface area contributed by atoms with Gasteiger partial charge in [-0.2, -0.15) is 13.2 Å². The first-order chi connectivity index (χ1) is 7.33. The zero-order valence-corrected chi connectivity index (χ0v) is 9.92. The van der Waals surface area contributed by atoms with Gasteiger partial charge in [0, 0.05) is 6.04 Å². The molecule has 6 heteroatoms. The Hall–Kier alpha value is -0.450. The molecule has 1 nitrogen and oxygen atoms in total. The molecule has 1 atom stereocenters. The molecule has 0 aliphatic rings. The monoisotopic (exact) mass is 271 g/mol. The molecule has 1 unspecified atom stereocenters. The molecule has 0 aliphatic carbocycles. The smallest absolute Gasteiger partial charge is 0.313 e. The molecule has 90 valence electrons. The summed E-state index contributed by atoms with van der Waals surface area (Å²) in [5.74, 6) is 0. The predicted octanol–water partition coefficient (Wildman–Crippen LogP) is 4.21. The lowest BCUT2D eigenvalue weighted by Crippen LogP contribution is -2.23. The molecule has 1 N–H and O–H groups in total. The van der Waals surface area contributed by atoms with Gasteiger partial charge in [-0.05, 0) is 24.7 Å². The molecular weight excluding hydrogens is 262 g/mol. The molecule has 0 heterocycles. The molecule has 1 rings (SSSR count). The number of hydrogen-bond acceptors (Lipinski definition) is 1. The van der Waals surface area contributed by atoms with Gasteiger partial charge in [0.15, 0.2) is 0 Å². The van der Waals surface area contributed by atoms with Gasteiger partial charge in [-0.3, -0.25) is 0 Å². The van der Waals surface area contributed by atoms with Crippen LogP contribution in [0, 0.1) is 0 Å². The molecule has 1 aromatic rings. The molecule has 16 heavy (non-hydrogen) atoms. The highest BCUT2D eigenvalue weighted by Crippen LogP contribution is 2.32. The fourth-order valence-electron chi connectivity index (χ4n) is 1.35. The molecule has 0 aliphatic heterocycles. The van der Waals surface area contributed by atoms with Gasteiger partial charge >= 0.3 is 6.18 Å². The van der Waals surface area contributed by atoms with Crippen LogP contribution in [0.25, 0.3) is 0 Å². The van der Waals surface area contributed by atoms with Gasteiger partial charge in [-0.15, -0.1) is 0 Å². The first kappa shape index (κ1) is 13.6. The van der Waals surface area contributed by atoms with E-state index in [1.807, 2.05) is 0 Å². The average Bonchev–Trinajstić information content (AvgIpc) is 2.17. The third kappa shape index (κ3) is 3.85. The van der Waals surface area contributed by atoms with Crippen LogP contribution < -0.4 is 5.32 Å². The fourth-order valence-corrected chi connectivity index (χ4v) is 1.65. The maximum atomic E-state index is 12.3. The van der Waals surface area contributed by atoms with Crippen LogP contribution in [0.1, 0.15) is 18.0 Å². The molecule has 0 radical (unpaired) electrons. The van der Waals surface area contributed by atoms with Crippen LogP contribution in [0.2, 0.25) is 10.0 Å². The fraction of sp³-hybridized carbons (Fsp3) is 0.400. The summed E-state index contributed by atoms with van der Waals surface area (Å²) in [6.07, 6.45) is -5.17. The van der Waals surface area contributed by atoms with Crippen molar-refractivity contribution in [2.24, 2.45) is 0 Å².